The van der Waals surface area contributed by atoms with E-state index in [1.54, 1.807) is 0 Å². The normalized spacial score (nSPS) is 15.9. The molecule has 0 saturated carbocycles. The predicted molar refractivity (Wildman–Crippen MR) is 265 cm³/mol. The smallest absolute Gasteiger partial charge is 0.333 e. The molecule has 2 aliphatic carbocycles. The van der Waals surface area contributed by atoms with Crippen LogP contribution < -0.4 is 20.6 Å². The predicted octanol–water partition coefficient (Wildman–Crippen LogP) is 13.8. The quantitative estimate of drug-likeness (QED) is 0.153. The van der Waals surface area contributed by atoms with Crippen molar-refractivity contribution >= 4 is 57.0 Å². The average molecular weight is 805 g/mol. The Morgan fingerprint density at radius 3 is 1.78 bits per heavy atom. The molecule has 1 spiro atoms. The Morgan fingerprint density at radius 1 is 0.476 bits per heavy atom. The van der Waals surface area contributed by atoms with Gasteiger partial charge in [0.15, 0.2) is 0 Å². The molecule has 0 radical (unpaired) electrons. The number of nitrogens with zero attached hydrogens (tertiary/aromatic N) is 2. The van der Waals surface area contributed by atoms with Crippen LogP contribution in [0.3, 0.4) is 0 Å². The van der Waals surface area contributed by atoms with Crippen LogP contribution in [0.4, 0.5) is 28.4 Å². The standard InChI is InChI=1S/C60H45BN2/c1-58(2,3)37-29-31-38(32-30-37)63-56-44(34-33-43-42-21-8-11-22-45(42)59(4,5)54(43)56)53-39-18-7-6-17-36(39)35-52-55(53)61(63)50-27-16-26-49-57(50)62(52)51-28-15-14-25-48(51)60(49)46-23-12-9-19-40(46)41-20-10-13-24-47(41)60/h6-35H,1-5H3. The summed E-state index contributed by atoms with van der Waals surface area (Å²) >= 11 is 0. The lowest BCUT2D eigenvalue weighted by Crippen LogP contribution is -2.63. The molecule has 0 aromatic heterocycles. The van der Waals surface area contributed by atoms with Crippen LogP contribution in [0.5, 0.6) is 0 Å². The van der Waals surface area contributed by atoms with E-state index < -0.39 is 5.41 Å². The zero-order valence-corrected chi connectivity index (χ0v) is 36.3. The van der Waals surface area contributed by atoms with Gasteiger partial charge in [0, 0.05) is 33.7 Å². The topological polar surface area (TPSA) is 6.48 Å². The molecule has 9 aromatic carbocycles. The molecule has 0 unspecified atom stereocenters. The summed E-state index contributed by atoms with van der Waals surface area (Å²) in [7, 11) is 0. The van der Waals surface area contributed by atoms with E-state index in [-0.39, 0.29) is 17.7 Å². The first-order valence-electron chi connectivity index (χ1n) is 22.6. The second-order valence-corrected chi connectivity index (χ2v) is 20.0. The Balaban J connectivity index is 1.17. The second kappa shape index (κ2) is 11.9. The van der Waals surface area contributed by atoms with E-state index in [1.165, 1.54) is 122 Å². The summed E-state index contributed by atoms with van der Waals surface area (Å²) in [6, 6.07) is 70.1. The first-order valence-corrected chi connectivity index (χ1v) is 22.6. The fraction of sp³-hybridized carbons (Fsp3) is 0.133. The molecule has 14 rings (SSSR count). The molecule has 0 saturated heterocycles. The number of hydrogen-bond donors (Lipinski definition) is 0. The third-order valence-corrected chi connectivity index (χ3v) is 15.5. The highest BCUT2D eigenvalue weighted by atomic mass is 15.2. The Morgan fingerprint density at radius 2 is 1.06 bits per heavy atom. The van der Waals surface area contributed by atoms with Gasteiger partial charge in [-0.05, 0) is 118 Å². The highest BCUT2D eigenvalue weighted by Crippen LogP contribution is 2.65. The van der Waals surface area contributed by atoms with Crippen molar-refractivity contribution in [3.8, 4) is 33.4 Å². The third kappa shape index (κ3) is 4.22. The van der Waals surface area contributed by atoms with Crippen molar-refractivity contribution in [2.45, 2.75) is 50.9 Å². The lowest BCUT2D eigenvalue weighted by atomic mass is 9.42. The Bertz CT molecular complexity index is 3450. The van der Waals surface area contributed by atoms with Crippen LogP contribution in [-0.4, -0.2) is 6.85 Å². The van der Waals surface area contributed by atoms with Crippen LogP contribution in [0.15, 0.2) is 182 Å². The maximum Gasteiger partial charge on any atom is 0.333 e. The van der Waals surface area contributed by atoms with Crippen LogP contribution in [-0.2, 0) is 16.2 Å². The molecule has 63 heavy (non-hydrogen) atoms. The van der Waals surface area contributed by atoms with Crippen LogP contribution in [0.25, 0.3) is 44.2 Å². The van der Waals surface area contributed by atoms with Crippen LogP contribution in [0.1, 0.15) is 73.6 Å². The molecule has 3 heterocycles. The van der Waals surface area contributed by atoms with Crippen molar-refractivity contribution in [2.75, 3.05) is 9.71 Å². The molecule has 0 fully saturated rings. The first-order chi connectivity index (χ1) is 30.7. The van der Waals surface area contributed by atoms with Gasteiger partial charge in [-0.15, -0.1) is 0 Å². The lowest BCUT2D eigenvalue weighted by molar-refractivity contribution is 0.590. The molecule has 0 amide bonds. The minimum absolute atomic E-state index is 0.0291. The summed E-state index contributed by atoms with van der Waals surface area (Å²) in [6.45, 7) is 11.7. The molecule has 2 nitrogen and oxygen atoms in total. The van der Waals surface area contributed by atoms with Crippen molar-refractivity contribution in [3.05, 3.63) is 221 Å². The van der Waals surface area contributed by atoms with E-state index in [9.17, 15) is 0 Å². The van der Waals surface area contributed by atoms with Crippen LogP contribution in [0, 0.1) is 0 Å². The fourth-order valence-corrected chi connectivity index (χ4v) is 13.0. The van der Waals surface area contributed by atoms with Gasteiger partial charge in [-0.2, -0.15) is 0 Å². The van der Waals surface area contributed by atoms with Crippen molar-refractivity contribution in [1.29, 1.82) is 0 Å². The molecule has 0 N–H and O–H groups in total. The van der Waals surface area contributed by atoms with Crippen molar-refractivity contribution in [2.24, 2.45) is 0 Å². The second-order valence-electron chi connectivity index (χ2n) is 20.0. The minimum atomic E-state index is -0.501. The molecule has 9 aromatic rings. The molecule has 0 bridgehead atoms. The van der Waals surface area contributed by atoms with Gasteiger partial charge >= 0.3 is 6.85 Å². The van der Waals surface area contributed by atoms with E-state index in [0.717, 1.165) is 0 Å². The van der Waals surface area contributed by atoms with E-state index in [1.807, 2.05) is 0 Å². The maximum absolute atomic E-state index is 2.77. The summed E-state index contributed by atoms with van der Waals surface area (Å²) in [5.74, 6) is 0. The fourth-order valence-electron chi connectivity index (χ4n) is 13.0. The Labute approximate surface area is 370 Å². The zero-order chi connectivity index (χ0) is 42.1. The molecule has 3 aliphatic heterocycles. The SMILES string of the molecule is CC(C)(C)c1ccc(N2B3c4cccc5c4N(c4ccccc4C54c5ccccc5-c5ccccc54)c4cc5ccccc5c(c43)-c3ccc4c(c32)C(C)(C)c2ccccc2-4)cc1. The van der Waals surface area contributed by atoms with Gasteiger partial charge in [0.25, 0.3) is 0 Å². The summed E-state index contributed by atoms with van der Waals surface area (Å²) in [5.41, 5.74) is 25.9. The monoisotopic (exact) mass is 804 g/mol. The summed E-state index contributed by atoms with van der Waals surface area (Å²) in [6.07, 6.45) is 0. The zero-order valence-electron chi connectivity index (χ0n) is 36.3. The minimum Gasteiger partial charge on any atom is -0.376 e. The van der Waals surface area contributed by atoms with Gasteiger partial charge in [-0.1, -0.05) is 192 Å². The number of para-hydroxylation sites is 2. The van der Waals surface area contributed by atoms with Gasteiger partial charge in [0.05, 0.1) is 11.1 Å². The van der Waals surface area contributed by atoms with Gasteiger partial charge < -0.3 is 9.71 Å². The summed E-state index contributed by atoms with van der Waals surface area (Å²) < 4.78 is 0. The first kappa shape index (κ1) is 35.5. The van der Waals surface area contributed by atoms with E-state index in [4.69, 9.17) is 0 Å². The summed E-state index contributed by atoms with van der Waals surface area (Å²) in [5, 5.41) is 2.57. The van der Waals surface area contributed by atoms with Gasteiger partial charge in [0.1, 0.15) is 0 Å². The molecule has 298 valence electrons. The van der Waals surface area contributed by atoms with Gasteiger partial charge in [-0.3, -0.25) is 0 Å². The largest absolute Gasteiger partial charge is 0.376 e. The Hall–Kier alpha value is -7.10. The highest BCUT2D eigenvalue weighted by Gasteiger charge is 2.56. The average Bonchev–Trinajstić information content (AvgIpc) is 3.73. The summed E-state index contributed by atoms with van der Waals surface area (Å²) in [4.78, 5) is 5.43. The van der Waals surface area contributed by atoms with Gasteiger partial charge in [-0.25, -0.2) is 0 Å². The van der Waals surface area contributed by atoms with E-state index in [2.05, 4.69) is 226 Å². The van der Waals surface area contributed by atoms with Crippen molar-refractivity contribution in [3.63, 3.8) is 0 Å². The third-order valence-electron chi connectivity index (χ3n) is 15.5. The molecule has 3 heteroatoms. The van der Waals surface area contributed by atoms with E-state index >= 15 is 0 Å². The Kier molecular flexibility index (Phi) is 6.69. The molecule has 5 aliphatic rings. The number of anilines is 5. The lowest BCUT2D eigenvalue weighted by Gasteiger charge is -2.52. The number of benzene rings is 9. The number of hydrogen-bond acceptors (Lipinski definition) is 2. The molecular weight excluding hydrogens is 759 g/mol. The van der Waals surface area contributed by atoms with E-state index in [0.29, 0.717) is 0 Å². The van der Waals surface area contributed by atoms with Crippen LogP contribution >= 0.6 is 0 Å². The number of rotatable bonds is 1. The van der Waals surface area contributed by atoms with Crippen molar-refractivity contribution in [1.82, 2.24) is 0 Å². The van der Waals surface area contributed by atoms with Gasteiger partial charge in [0.2, 0.25) is 0 Å². The molecule has 0 atom stereocenters. The highest BCUT2D eigenvalue weighted by molar-refractivity contribution is 6.94. The van der Waals surface area contributed by atoms with Crippen molar-refractivity contribution < 1.29 is 0 Å². The van der Waals surface area contributed by atoms with Crippen LogP contribution in [0.2, 0.25) is 0 Å². The molecular formula is C60H45BN2. The number of fused-ring (bicyclic) bond motifs is 19. The maximum atomic E-state index is 2.77.